The lowest BCUT2D eigenvalue weighted by atomic mass is 10.0. The normalized spacial score (nSPS) is 28.9. The zero-order valence-corrected chi connectivity index (χ0v) is 18.9. The second-order valence-corrected chi connectivity index (χ2v) is 10.2. The molecule has 0 spiro atoms. The number of imide groups is 1. The summed E-state index contributed by atoms with van der Waals surface area (Å²) in [5, 5.41) is 12.2. The van der Waals surface area contributed by atoms with Gasteiger partial charge in [0.1, 0.15) is 6.04 Å². The Bertz CT molecular complexity index is 1170. The van der Waals surface area contributed by atoms with E-state index in [9.17, 15) is 19.5 Å². The van der Waals surface area contributed by atoms with Crippen molar-refractivity contribution in [1.82, 2.24) is 20.1 Å². The topological polar surface area (TPSA) is 103 Å². The minimum absolute atomic E-state index is 0.123. The highest BCUT2D eigenvalue weighted by Crippen LogP contribution is 2.38. The molecule has 3 aliphatic heterocycles. The molecule has 4 aliphatic rings. The number of aliphatic hydroxyl groups excluding tert-OH is 1. The Morgan fingerprint density at radius 3 is 2.62 bits per heavy atom. The van der Waals surface area contributed by atoms with Crippen LogP contribution in [0.3, 0.4) is 0 Å². The van der Waals surface area contributed by atoms with Crippen LogP contribution in [0.5, 0.6) is 0 Å². The van der Waals surface area contributed by atoms with Gasteiger partial charge in [0.05, 0.1) is 11.8 Å². The molecule has 2 unspecified atom stereocenters. The summed E-state index contributed by atoms with van der Waals surface area (Å²) in [6.45, 7) is 3.30. The zero-order chi connectivity index (χ0) is 23.4. The number of aromatic nitrogens is 1. The van der Waals surface area contributed by atoms with E-state index in [1.165, 1.54) is 5.56 Å². The second kappa shape index (κ2) is 8.29. The predicted octanol–water partition coefficient (Wildman–Crippen LogP) is 1.71. The van der Waals surface area contributed by atoms with Crippen molar-refractivity contribution < 1.29 is 19.5 Å². The molecule has 1 aromatic carbocycles. The Labute approximate surface area is 198 Å². The van der Waals surface area contributed by atoms with Gasteiger partial charge in [-0.25, -0.2) is 0 Å². The average Bonchev–Trinajstić information content (AvgIpc) is 3.44. The predicted molar refractivity (Wildman–Crippen MR) is 123 cm³/mol. The highest BCUT2D eigenvalue weighted by Gasteiger charge is 2.40. The largest absolute Gasteiger partial charge is 0.393 e. The number of carbonyl (C=O) groups excluding carboxylic acids is 3. The van der Waals surface area contributed by atoms with Crippen molar-refractivity contribution in [2.45, 2.75) is 50.9 Å². The standard InChI is InChI=1S/C26H28N4O4/c31-20-9-17-12-29(13-18(17)10-20)11-15-5-6-27-22(7-15)16-1-2-21-19(8-16)14-30(26(21)34)23-3-4-24(32)28-25(23)33/h1-2,5-8,17-18,20,23,31H,3-4,9-14H2,(H,28,32,33)/t17?,18?,20?,23-/m0/s1. The second-order valence-electron chi connectivity index (χ2n) is 10.2. The number of benzene rings is 1. The number of nitrogens with one attached hydrogen (secondary N) is 1. The first kappa shape index (κ1) is 21.4. The van der Waals surface area contributed by atoms with Crippen molar-refractivity contribution in [2.24, 2.45) is 11.8 Å². The summed E-state index contributed by atoms with van der Waals surface area (Å²) in [5.74, 6) is 0.374. The number of likely N-dealkylation sites (tertiary alicyclic amines) is 1. The fourth-order valence-electron chi connectivity index (χ4n) is 6.22. The summed E-state index contributed by atoms with van der Waals surface area (Å²) in [6, 6.07) is 9.28. The van der Waals surface area contributed by atoms with Gasteiger partial charge in [0, 0.05) is 49.9 Å². The lowest BCUT2D eigenvalue weighted by molar-refractivity contribution is -0.136. The maximum absolute atomic E-state index is 12.9. The van der Waals surface area contributed by atoms with E-state index in [0.717, 1.165) is 49.3 Å². The number of aliphatic hydroxyl groups is 1. The molecule has 2 aromatic rings. The number of nitrogens with zero attached hydrogens (tertiary/aromatic N) is 3. The molecule has 8 nitrogen and oxygen atoms in total. The molecule has 2 N–H and O–H groups in total. The van der Waals surface area contributed by atoms with Gasteiger partial charge in [0.2, 0.25) is 11.8 Å². The van der Waals surface area contributed by atoms with Crippen LogP contribution in [0, 0.1) is 11.8 Å². The number of carbonyl (C=O) groups is 3. The quantitative estimate of drug-likeness (QED) is 0.674. The maximum atomic E-state index is 12.9. The molecule has 3 amide bonds. The SMILES string of the molecule is O=C1CC[C@H](N2Cc3cc(-c4cc(CN5CC6CC(O)CC6C5)ccn4)ccc3C2=O)C(=O)N1. The van der Waals surface area contributed by atoms with E-state index in [1.807, 2.05) is 30.5 Å². The minimum Gasteiger partial charge on any atom is -0.393 e. The van der Waals surface area contributed by atoms with Crippen LogP contribution in [-0.2, 0) is 22.7 Å². The molecule has 2 saturated heterocycles. The highest BCUT2D eigenvalue weighted by atomic mass is 16.3. The Kier molecular flexibility index (Phi) is 5.22. The lowest BCUT2D eigenvalue weighted by Gasteiger charge is -2.29. The molecule has 176 valence electrons. The summed E-state index contributed by atoms with van der Waals surface area (Å²) >= 11 is 0. The number of fused-ring (bicyclic) bond motifs is 2. The molecule has 1 aliphatic carbocycles. The van der Waals surface area contributed by atoms with Crippen LogP contribution in [0.25, 0.3) is 11.3 Å². The monoisotopic (exact) mass is 460 g/mol. The number of pyridine rings is 1. The Hall–Kier alpha value is -3.10. The molecule has 3 fully saturated rings. The van der Waals surface area contributed by atoms with Gasteiger partial charge >= 0.3 is 0 Å². The Balaban J connectivity index is 1.17. The molecule has 3 atom stereocenters. The molecular weight excluding hydrogens is 432 g/mol. The summed E-state index contributed by atoms with van der Waals surface area (Å²) in [4.78, 5) is 45.3. The third kappa shape index (κ3) is 3.80. The molecule has 0 radical (unpaired) electrons. The van der Waals surface area contributed by atoms with Gasteiger partial charge in [-0.05, 0) is 66.5 Å². The molecule has 6 rings (SSSR count). The van der Waals surface area contributed by atoms with E-state index in [2.05, 4.69) is 21.3 Å². The summed E-state index contributed by atoms with van der Waals surface area (Å²) in [7, 11) is 0. The van der Waals surface area contributed by atoms with E-state index in [1.54, 1.807) is 4.90 Å². The third-order valence-corrected chi connectivity index (χ3v) is 7.85. The summed E-state index contributed by atoms with van der Waals surface area (Å²) in [6.07, 6.45) is 4.16. The molecule has 34 heavy (non-hydrogen) atoms. The van der Waals surface area contributed by atoms with Crippen LogP contribution >= 0.6 is 0 Å². The smallest absolute Gasteiger partial charge is 0.255 e. The lowest BCUT2D eigenvalue weighted by Crippen LogP contribution is -2.52. The number of hydrogen-bond acceptors (Lipinski definition) is 6. The Morgan fingerprint density at radius 1 is 1.06 bits per heavy atom. The van der Waals surface area contributed by atoms with E-state index in [-0.39, 0.29) is 24.3 Å². The van der Waals surface area contributed by atoms with Gasteiger partial charge in [-0.2, -0.15) is 0 Å². The first-order valence-electron chi connectivity index (χ1n) is 12.1. The van der Waals surface area contributed by atoms with E-state index in [4.69, 9.17) is 0 Å². The molecule has 4 heterocycles. The first-order chi connectivity index (χ1) is 16.4. The summed E-state index contributed by atoms with van der Waals surface area (Å²) < 4.78 is 0. The van der Waals surface area contributed by atoms with E-state index < -0.39 is 11.9 Å². The van der Waals surface area contributed by atoms with Crippen molar-refractivity contribution in [3.8, 4) is 11.3 Å². The average molecular weight is 461 g/mol. The minimum atomic E-state index is -0.608. The Morgan fingerprint density at radius 2 is 1.85 bits per heavy atom. The highest BCUT2D eigenvalue weighted by molar-refractivity contribution is 6.05. The molecular formula is C26H28N4O4. The van der Waals surface area contributed by atoms with Gasteiger partial charge in [-0.1, -0.05) is 6.07 Å². The van der Waals surface area contributed by atoms with Gasteiger partial charge < -0.3 is 10.0 Å². The van der Waals surface area contributed by atoms with Gasteiger partial charge in [0.15, 0.2) is 0 Å². The van der Waals surface area contributed by atoms with Crippen molar-refractivity contribution in [1.29, 1.82) is 0 Å². The van der Waals surface area contributed by atoms with Crippen LogP contribution < -0.4 is 5.32 Å². The van der Waals surface area contributed by atoms with Gasteiger partial charge in [-0.15, -0.1) is 0 Å². The molecule has 8 heteroatoms. The number of rotatable bonds is 4. The van der Waals surface area contributed by atoms with Crippen molar-refractivity contribution in [3.05, 3.63) is 53.2 Å². The summed E-state index contributed by atoms with van der Waals surface area (Å²) in [5.41, 5.74) is 4.50. The van der Waals surface area contributed by atoms with Gasteiger partial charge in [-0.3, -0.25) is 29.6 Å². The first-order valence-corrected chi connectivity index (χ1v) is 12.1. The van der Waals surface area contributed by atoms with Crippen LogP contribution in [0.4, 0.5) is 0 Å². The van der Waals surface area contributed by atoms with Gasteiger partial charge in [0.25, 0.3) is 5.91 Å². The van der Waals surface area contributed by atoms with Crippen molar-refractivity contribution in [3.63, 3.8) is 0 Å². The fourth-order valence-corrected chi connectivity index (χ4v) is 6.22. The van der Waals surface area contributed by atoms with E-state index >= 15 is 0 Å². The van der Waals surface area contributed by atoms with E-state index in [0.29, 0.717) is 30.4 Å². The molecule has 0 bridgehead atoms. The van der Waals surface area contributed by atoms with Crippen LogP contribution in [0.15, 0.2) is 36.5 Å². The zero-order valence-electron chi connectivity index (χ0n) is 18.9. The number of hydrogen-bond donors (Lipinski definition) is 2. The molecule has 1 aromatic heterocycles. The maximum Gasteiger partial charge on any atom is 0.255 e. The van der Waals surface area contributed by atoms with Crippen LogP contribution in [0.2, 0.25) is 0 Å². The third-order valence-electron chi connectivity index (χ3n) is 7.85. The van der Waals surface area contributed by atoms with Crippen molar-refractivity contribution >= 4 is 17.7 Å². The van der Waals surface area contributed by atoms with Crippen LogP contribution in [0.1, 0.15) is 47.2 Å². The van der Waals surface area contributed by atoms with Crippen molar-refractivity contribution in [2.75, 3.05) is 13.1 Å². The number of amides is 3. The molecule has 1 saturated carbocycles. The van der Waals surface area contributed by atoms with Crippen LogP contribution in [-0.4, -0.2) is 62.8 Å². The number of piperidine rings is 1. The fraction of sp³-hybridized carbons (Fsp3) is 0.462.